The van der Waals surface area contributed by atoms with Crippen LogP contribution in [-0.4, -0.2) is 21.0 Å². The zero-order valence-corrected chi connectivity index (χ0v) is 28.8. The van der Waals surface area contributed by atoms with Crippen LogP contribution in [0.2, 0.25) is 0 Å². The minimum Gasteiger partial charge on any atom is -0.456 e. The number of fused-ring (bicyclic) bond motifs is 8. The van der Waals surface area contributed by atoms with Crippen molar-refractivity contribution in [2.45, 2.75) is 18.9 Å². The Morgan fingerprint density at radius 3 is 1.62 bits per heavy atom. The highest BCUT2D eigenvalue weighted by Gasteiger charge is 2.37. The summed E-state index contributed by atoms with van der Waals surface area (Å²) in [6.45, 7) is 0. The van der Waals surface area contributed by atoms with Gasteiger partial charge in [-0.25, -0.2) is 15.0 Å². The fourth-order valence-electron chi connectivity index (χ4n) is 8.38. The van der Waals surface area contributed by atoms with Crippen LogP contribution < -0.4 is 4.90 Å². The lowest BCUT2D eigenvalue weighted by Gasteiger charge is -2.21. The van der Waals surface area contributed by atoms with E-state index in [0.29, 0.717) is 23.5 Å². The van der Waals surface area contributed by atoms with Crippen molar-refractivity contribution in [2.24, 2.45) is 0 Å². The molecule has 0 aliphatic carbocycles. The third-order valence-electron chi connectivity index (χ3n) is 10.8. The molecule has 0 spiro atoms. The van der Waals surface area contributed by atoms with Crippen LogP contribution in [0.15, 0.2) is 168 Å². The number of aromatic nitrogens is 3. The molecular formula is C48H32N4O. The van der Waals surface area contributed by atoms with Gasteiger partial charge in [0.05, 0.1) is 0 Å². The summed E-state index contributed by atoms with van der Waals surface area (Å²) < 4.78 is 6.46. The zero-order chi connectivity index (χ0) is 34.9. The lowest BCUT2D eigenvalue weighted by molar-refractivity contribution is 0.669. The molecule has 1 unspecified atom stereocenters. The molecule has 0 saturated heterocycles. The van der Waals surface area contributed by atoms with Crippen LogP contribution in [0.5, 0.6) is 0 Å². The molecule has 0 bridgehead atoms. The smallest absolute Gasteiger partial charge is 0.164 e. The molecule has 250 valence electrons. The number of anilines is 2. The van der Waals surface area contributed by atoms with E-state index in [1.54, 1.807) is 0 Å². The van der Waals surface area contributed by atoms with Crippen molar-refractivity contribution in [1.29, 1.82) is 0 Å². The first-order valence-corrected chi connectivity index (χ1v) is 18.2. The summed E-state index contributed by atoms with van der Waals surface area (Å²) in [5.41, 5.74) is 14.9. The standard InChI is InChI=1S/C48H32N4O/c1-4-11-30(12-5-1)33-19-22-41-36(25-33)27-38-28-37-26-34(20-23-42(37)52(38)41)39-17-10-18-44-45(39)40-29-35(21-24-43(40)53-44)48-50-46(31-13-6-2-7-14-31)49-47(51-48)32-15-8-3-9-16-32/h1-26,29,38H,27-28H2. The van der Waals surface area contributed by atoms with Crippen LogP contribution in [0.1, 0.15) is 11.1 Å². The number of benzene rings is 7. The van der Waals surface area contributed by atoms with E-state index < -0.39 is 0 Å². The summed E-state index contributed by atoms with van der Waals surface area (Å²) in [6.07, 6.45) is 2.08. The molecule has 7 aromatic carbocycles. The summed E-state index contributed by atoms with van der Waals surface area (Å²) in [6, 6.07) is 57.9. The lowest BCUT2D eigenvalue weighted by Crippen LogP contribution is -2.22. The van der Waals surface area contributed by atoms with Crippen molar-refractivity contribution in [2.75, 3.05) is 4.90 Å². The minimum atomic E-state index is 0.441. The third kappa shape index (κ3) is 4.96. The van der Waals surface area contributed by atoms with E-state index in [9.17, 15) is 0 Å². The molecule has 9 aromatic rings. The molecule has 4 heterocycles. The van der Waals surface area contributed by atoms with E-state index in [0.717, 1.165) is 57.0 Å². The Morgan fingerprint density at radius 2 is 0.981 bits per heavy atom. The molecular weight excluding hydrogens is 649 g/mol. The van der Waals surface area contributed by atoms with Crippen LogP contribution in [0.4, 0.5) is 11.4 Å². The molecule has 2 aromatic heterocycles. The van der Waals surface area contributed by atoms with Gasteiger partial charge in [0.1, 0.15) is 11.2 Å². The molecule has 0 radical (unpaired) electrons. The summed E-state index contributed by atoms with van der Waals surface area (Å²) in [5.74, 6) is 1.91. The van der Waals surface area contributed by atoms with Gasteiger partial charge >= 0.3 is 0 Å². The molecule has 0 fully saturated rings. The fourth-order valence-corrected chi connectivity index (χ4v) is 8.38. The van der Waals surface area contributed by atoms with E-state index in [2.05, 4.69) is 95.9 Å². The number of hydrogen-bond acceptors (Lipinski definition) is 5. The van der Waals surface area contributed by atoms with Crippen molar-refractivity contribution in [3.05, 3.63) is 175 Å². The van der Waals surface area contributed by atoms with Gasteiger partial charge in [-0.2, -0.15) is 0 Å². The van der Waals surface area contributed by atoms with Gasteiger partial charge in [0.15, 0.2) is 17.5 Å². The predicted molar refractivity (Wildman–Crippen MR) is 214 cm³/mol. The number of nitrogens with zero attached hydrogens (tertiary/aromatic N) is 4. The number of hydrogen-bond donors (Lipinski definition) is 0. The van der Waals surface area contributed by atoms with Crippen LogP contribution in [0.25, 0.3) is 78.4 Å². The average molecular weight is 681 g/mol. The van der Waals surface area contributed by atoms with Gasteiger partial charge in [0.25, 0.3) is 0 Å². The molecule has 1 atom stereocenters. The Balaban J connectivity index is 0.993. The first-order chi connectivity index (χ1) is 26.2. The van der Waals surface area contributed by atoms with E-state index in [-0.39, 0.29) is 0 Å². The first kappa shape index (κ1) is 29.8. The monoisotopic (exact) mass is 680 g/mol. The van der Waals surface area contributed by atoms with Crippen molar-refractivity contribution in [3.8, 4) is 56.4 Å². The maximum Gasteiger partial charge on any atom is 0.164 e. The second-order valence-electron chi connectivity index (χ2n) is 14.0. The topological polar surface area (TPSA) is 55.1 Å². The van der Waals surface area contributed by atoms with Gasteiger partial charge in [-0.05, 0) is 94.8 Å². The fraction of sp³-hybridized carbons (Fsp3) is 0.0625. The normalized spacial score (nSPS) is 14.4. The highest BCUT2D eigenvalue weighted by molar-refractivity contribution is 6.13. The second-order valence-corrected chi connectivity index (χ2v) is 14.0. The largest absolute Gasteiger partial charge is 0.456 e. The highest BCUT2D eigenvalue weighted by atomic mass is 16.3. The minimum absolute atomic E-state index is 0.441. The predicted octanol–water partition coefficient (Wildman–Crippen LogP) is 11.7. The van der Waals surface area contributed by atoms with Gasteiger partial charge < -0.3 is 9.32 Å². The molecule has 53 heavy (non-hydrogen) atoms. The Kier molecular flexibility index (Phi) is 6.68. The summed E-state index contributed by atoms with van der Waals surface area (Å²) in [5, 5.41) is 2.14. The van der Waals surface area contributed by atoms with Crippen molar-refractivity contribution >= 4 is 33.3 Å². The SMILES string of the molecule is c1ccc(-c2ccc3c(c2)CC2Cc4cc(-c5cccc6oc7ccc(-c8nc(-c9ccccc9)nc(-c9ccccc9)n8)cc7c56)ccc4N32)cc1. The van der Waals surface area contributed by atoms with Gasteiger partial charge in [0.2, 0.25) is 0 Å². The van der Waals surface area contributed by atoms with E-state index >= 15 is 0 Å². The molecule has 11 rings (SSSR count). The molecule has 5 nitrogen and oxygen atoms in total. The highest BCUT2D eigenvalue weighted by Crippen LogP contribution is 2.48. The average Bonchev–Trinajstić information content (AvgIpc) is 3.90. The van der Waals surface area contributed by atoms with E-state index in [4.69, 9.17) is 19.4 Å². The first-order valence-electron chi connectivity index (χ1n) is 18.2. The van der Waals surface area contributed by atoms with Crippen molar-refractivity contribution < 1.29 is 4.42 Å². The summed E-state index contributed by atoms with van der Waals surface area (Å²) in [4.78, 5) is 17.4. The number of furan rings is 1. The molecule has 0 amide bonds. The summed E-state index contributed by atoms with van der Waals surface area (Å²) in [7, 11) is 0. The quantitative estimate of drug-likeness (QED) is 0.181. The maximum absolute atomic E-state index is 6.46. The van der Waals surface area contributed by atoms with Gasteiger partial charge in [0, 0.05) is 44.9 Å². The molecule has 2 aliphatic rings. The Bertz CT molecular complexity index is 2790. The van der Waals surface area contributed by atoms with Crippen LogP contribution in [-0.2, 0) is 12.8 Å². The molecule has 0 saturated carbocycles. The van der Waals surface area contributed by atoms with Gasteiger partial charge in [-0.3, -0.25) is 0 Å². The van der Waals surface area contributed by atoms with Crippen LogP contribution >= 0.6 is 0 Å². The molecule has 2 aliphatic heterocycles. The maximum atomic E-state index is 6.46. The Hall–Kier alpha value is -6.85. The zero-order valence-electron chi connectivity index (χ0n) is 28.8. The van der Waals surface area contributed by atoms with Gasteiger partial charge in [-0.15, -0.1) is 0 Å². The van der Waals surface area contributed by atoms with E-state index in [1.807, 2.05) is 72.8 Å². The Labute approximate surface area is 306 Å². The van der Waals surface area contributed by atoms with Crippen LogP contribution in [0, 0.1) is 0 Å². The van der Waals surface area contributed by atoms with E-state index in [1.165, 1.54) is 39.2 Å². The van der Waals surface area contributed by atoms with Gasteiger partial charge in [-0.1, -0.05) is 115 Å². The van der Waals surface area contributed by atoms with Crippen molar-refractivity contribution in [3.63, 3.8) is 0 Å². The number of rotatable bonds is 5. The third-order valence-corrected chi connectivity index (χ3v) is 10.8. The Morgan fingerprint density at radius 1 is 0.434 bits per heavy atom. The molecule has 5 heteroatoms. The van der Waals surface area contributed by atoms with Crippen LogP contribution in [0.3, 0.4) is 0 Å². The second kappa shape index (κ2) is 11.9. The molecule has 0 N–H and O–H groups in total. The summed E-state index contributed by atoms with van der Waals surface area (Å²) >= 11 is 0. The lowest BCUT2D eigenvalue weighted by atomic mass is 9.95. The van der Waals surface area contributed by atoms with Crippen molar-refractivity contribution in [1.82, 2.24) is 15.0 Å².